The molecule has 1 N–H and O–H groups in total. The summed E-state index contributed by atoms with van der Waals surface area (Å²) in [6.07, 6.45) is 1.61. The van der Waals surface area contributed by atoms with Gasteiger partial charge in [0.25, 0.3) is 0 Å². The molecule has 1 saturated heterocycles. The van der Waals surface area contributed by atoms with E-state index >= 15 is 0 Å². The monoisotopic (exact) mass is 291 g/mol. The molecule has 0 spiro atoms. The van der Waals surface area contributed by atoms with Gasteiger partial charge in [0.15, 0.2) is 0 Å². The number of hydrogen-bond donors (Lipinski definition) is 1. The molecule has 3 rings (SSSR count). The number of morpholine rings is 1. The fourth-order valence-electron chi connectivity index (χ4n) is 3.16. The van der Waals surface area contributed by atoms with Crippen molar-refractivity contribution in [3.63, 3.8) is 0 Å². The van der Waals surface area contributed by atoms with Gasteiger partial charge < -0.3 is 14.6 Å². The van der Waals surface area contributed by atoms with Crippen molar-refractivity contribution >= 4 is 0 Å². The largest absolute Gasteiger partial charge is 0.491 e. The molecule has 1 aromatic carbocycles. The quantitative estimate of drug-likeness (QED) is 0.923. The van der Waals surface area contributed by atoms with Crippen LogP contribution in [-0.4, -0.2) is 48.5 Å². The summed E-state index contributed by atoms with van der Waals surface area (Å²) in [5, 5.41) is 9.82. The first-order valence-electron chi connectivity index (χ1n) is 7.93. The summed E-state index contributed by atoms with van der Waals surface area (Å²) in [7, 11) is 0. The van der Waals surface area contributed by atoms with Crippen molar-refractivity contribution < 1.29 is 14.6 Å². The van der Waals surface area contributed by atoms with E-state index in [-0.39, 0.29) is 12.2 Å². The van der Waals surface area contributed by atoms with Gasteiger partial charge in [0, 0.05) is 19.1 Å². The van der Waals surface area contributed by atoms with Gasteiger partial charge in [-0.15, -0.1) is 0 Å². The molecule has 0 bridgehead atoms. The van der Waals surface area contributed by atoms with Crippen molar-refractivity contribution in [3.8, 4) is 5.75 Å². The number of hydrogen-bond acceptors (Lipinski definition) is 4. The molecule has 0 radical (unpaired) electrons. The Balaban J connectivity index is 1.56. The highest BCUT2D eigenvalue weighted by Gasteiger charge is 2.23. The van der Waals surface area contributed by atoms with Gasteiger partial charge in [0.2, 0.25) is 0 Å². The molecule has 0 amide bonds. The Bertz CT molecular complexity index is 489. The molecule has 4 heteroatoms. The van der Waals surface area contributed by atoms with Crippen molar-refractivity contribution in [1.82, 2.24) is 4.90 Å². The van der Waals surface area contributed by atoms with Crippen molar-refractivity contribution in [2.45, 2.75) is 44.9 Å². The molecule has 1 aliphatic heterocycles. The normalized spacial score (nSPS) is 26.1. The minimum Gasteiger partial charge on any atom is -0.491 e. The lowest BCUT2D eigenvalue weighted by atomic mass is 10.1. The van der Waals surface area contributed by atoms with Crippen LogP contribution in [0.4, 0.5) is 0 Å². The zero-order chi connectivity index (χ0) is 14.8. The van der Waals surface area contributed by atoms with Crippen LogP contribution in [-0.2, 0) is 11.2 Å². The molecule has 21 heavy (non-hydrogen) atoms. The molecule has 0 saturated carbocycles. The van der Waals surface area contributed by atoms with E-state index in [9.17, 15) is 5.11 Å². The predicted molar refractivity (Wildman–Crippen MR) is 81.7 cm³/mol. The average Bonchev–Trinajstić information content (AvgIpc) is 2.86. The third-order valence-electron chi connectivity index (χ3n) is 4.50. The number of nitrogens with zero attached hydrogens (tertiary/aromatic N) is 1. The molecular weight excluding hydrogens is 266 g/mol. The number of aliphatic hydroxyl groups is 1. The highest BCUT2D eigenvalue weighted by atomic mass is 16.5. The summed E-state index contributed by atoms with van der Waals surface area (Å²) in [5.74, 6) is 0.883. The van der Waals surface area contributed by atoms with Gasteiger partial charge >= 0.3 is 0 Å². The second-order valence-electron chi connectivity index (χ2n) is 6.31. The van der Waals surface area contributed by atoms with E-state index in [1.54, 1.807) is 0 Å². The first-order chi connectivity index (χ1) is 10.1. The van der Waals surface area contributed by atoms with Gasteiger partial charge in [0.1, 0.15) is 18.5 Å². The van der Waals surface area contributed by atoms with Crippen molar-refractivity contribution in [3.05, 3.63) is 29.3 Å². The van der Waals surface area contributed by atoms with Gasteiger partial charge in [-0.25, -0.2) is 0 Å². The fraction of sp³-hybridized carbons (Fsp3) is 0.647. The van der Waals surface area contributed by atoms with Crippen molar-refractivity contribution in [1.29, 1.82) is 0 Å². The minimum atomic E-state index is -0.296. The van der Waals surface area contributed by atoms with E-state index in [4.69, 9.17) is 9.47 Å². The van der Waals surface area contributed by atoms with Gasteiger partial charge in [0.05, 0.1) is 12.7 Å². The smallest absolute Gasteiger partial charge is 0.119 e. The Morgan fingerprint density at radius 2 is 2.29 bits per heavy atom. The van der Waals surface area contributed by atoms with Gasteiger partial charge in [-0.05, 0) is 49.9 Å². The molecule has 2 atom stereocenters. The van der Waals surface area contributed by atoms with Gasteiger partial charge in [-0.2, -0.15) is 0 Å². The van der Waals surface area contributed by atoms with Crippen LogP contribution in [0.3, 0.4) is 0 Å². The van der Waals surface area contributed by atoms with E-state index in [2.05, 4.69) is 24.8 Å². The van der Waals surface area contributed by atoms with Crippen LogP contribution >= 0.6 is 0 Å². The molecule has 1 heterocycles. The maximum Gasteiger partial charge on any atom is 0.119 e. The number of aryl methyl sites for hydroxylation is 1. The molecule has 116 valence electrons. The summed E-state index contributed by atoms with van der Waals surface area (Å²) in [6.45, 7) is 7.74. The minimum absolute atomic E-state index is 0.139. The highest BCUT2D eigenvalue weighted by molar-refractivity contribution is 5.39. The summed E-state index contributed by atoms with van der Waals surface area (Å²) in [4.78, 5) is 2.43. The average molecular weight is 291 g/mol. The van der Waals surface area contributed by atoms with E-state index < -0.39 is 0 Å². The standard InChI is InChI=1S/C17H25NO3/c1-12(2)18-7-8-20-15(10-18)11-21-14-4-5-16-13(9-14)3-6-17(16)19/h4-5,9,12,15,17,19H,3,6-8,10-11H2,1-2H3. The third kappa shape index (κ3) is 3.39. The highest BCUT2D eigenvalue weighted by Crippen LogP contribution is 2.33. The van der Waals surface area contributed by atoms with Crippen LogP contribution in [0, 0.1) is 0 Å². The van der Waals surface area contributed by atoms with Crippen LogP contribution in [0.1, 0.15) is 37.5 Å². The topological polar surface area (TPSA) is 41.9 Å². The first-order valence-corrected chi connectivity index (χ1v) is 7.93. The van der Waals surface area contributed by atoms with Crippen molar-refractivity contribution in [2.24, 2.45) is 0 Å². The Morgan fingerprint density at radius 1 is 1.43 bits per heavy atom. The lowest BCUT2D eigenvalue weighted by Crippen LogP contribution is -2.47. The van der Waals surface area contributed by atoms with E-state index in [0.29, 0.717) is 12.6 Å². The number of fused-ring (bicyclic) bond motifs is 1. The molecule has 1 aliphatic carbocycles. The van der Waals surface area contributed by atoms with E-state index in [1.165, 1.54) is 5.56 Å². The van der Waals surface area contributed by atoms with Gasteiger partial charge in [-0.3, -0.25) is 4.90 Å². The lowest BCUT2D eigenvalue weighted by molar-refractivity contribution is -0.0564. The Kier molecular flexibility index (Phi) is 4.48. The number of aliphatic hydroxyl groups excluding tert-OH is 1. The Labute approximate surface area is 126 Å². The van der Waals surface area contributed by atoms with Gasteiger partial charge in [-0.1, -0.05) is 6.07 Å². The van der Waals surface area contributed by atoms with Crippen molar-refractivity contribution in [2.75, 3.05) is 26.3 Å². The zero-order valence-corrected chi connectivity index (χ0v) is 12.9. The number of rotatable bonds is 4. The van der Waals surface area contributed by atoms with Crippen LogP contribution in [0.2, 0.25) is 0 Å². The van der Waals surface area contributed by atoms with Crippen LogP contribution < -0.4 is 4.74 Å². The summed E-state index contributed by atoms with van der Waals surface area (Å²) in [6, 6.07) is 6.56. The zero-order valence-electron chi connectivity index (χ0n) is 12.9. The van der Waals surface area contributed by atoms with E-state index in [0.717, 1.165) is 43.9 Å². The summed E-state index contributed by atoms with van der Waals surface area (Å²) in [5.41, 5.74) is 2.27. The first kappa shape index (κ1) is 14.8. The fourth-order valence-corrected chi connectivity index (χ4v) is 3.16. The third-order valence-corrected chi connectivity index (χ3v) is 4.50. The van der Waals surface area contributed by atoms with Crippen LogP contribution in [0.5, 0.6) is 5.75 Å². The Morgan fingerprint density at radius 3 is 3.10 bits per heavy atom. The molecule has 1 aromatic rings. The number of ether oxygens (including phenoxy) is 2. The van der Waals surface area contributed by atoms with Crippen LogP contribution in [0.25, 0.3) is 0 Å². The maximum atomic E-state index is 9.82. The molecule has 0 aromatic heterocycles. The summed E-state index contributed by atoms with van der Waals surface area (Å²) >= 11 is 0. The molecule has 2 aliphatic rings. The Hall–Kier alpha value is -1.10. The molecule has 2 unspecified atom stereocenters. The van der Waals surface area contributed by atoms with E-state index in [1.807, 2.05) is 12.1 Å². The second kappa shape index (κ2) is 6.34. The molecule has 4 nitrogen and oxygen atoms in total. The SMILES string of the molecule is CC(C)N1CCOC(COc2ccc3c(c2)CCC3O)C1. The number of benzene rings is 1. The predicted octanol–water partition coefficient (Wildman–Crippen LogP) is 2.15. The molecular formula is C17H25NO3. The summed E-state index contributed by atoms with van der Waals surface area (Å²) < 4.78 is 11.7. The molecule has 1 fully saturated rings. The maximum absolute atomic E-state index is 9.82. The lowest BCUT2D eigenvalue weighted by Gasteiger charge is -2.35. The second-order valence-corrected chi connectivity index (χ2v) is 6.31. The van der Waals surface area contributed by atoms with Crippen LogP contribution in [0.15, 0.2) is 18.2 Å².